The van der Waals surface area contributed by atoms with Crippen molar-refractivity contribution in [1.29, 1.82) is 0 Å². The Morgan fingerprint density at radius 1 is 1.16 bits per heavy atom. The zero-order valence-corrected chi connectivity index (χ0v) is 12.0. The van der Waals surface area contributed by atoms with E-state index >= 15 is 0 Å². The minimum absolute atomic E-state index is 0.499. The molecule has 1 saturated carbocycles. The van der Waals surface area contributed by atoms with Crippen LogP contribution in [0.1, 0.15) is 44.7 Å². The summed E-state index contributed by atoms with van der Waals surface area (Å²) >= 11 is 0. The van der Waals surface area contributed by atoms with Crippen LogP contribution < -0.4 is 5.32 Å². The maximum atomic E-state index is 3.88. The van der Waals surface area contributed by atoms with Gasteiger partial charge in [-0.2, -0.15) is 0 Å². The molecule has 0 spiro atoms. The average molecular weight is 255 g/mol. The number of rotatable bonds is 5. The summed E-state index contributed by atoms with van der Waals surface area (Å²) in [7, 11) is 0. The van der Waals surface area contributed by atoms with Crippen LogP contribution in [0.25, 0.3) is 0 Å². The molecule has 1 heteroatoms. The molecule has 0 heterocycles. The molecule has 1 aromatic rings. The molecule has 5 unspecified atom stereocenters. The van der Waals surface area contributed by atoms with Crippen LogP contribution in [-0.4, -0.2) is 6.04 Å². The molecule has 3 rings (SSSR count). The SMILES string of the molecule is CCC(NC(C)C1CC2C=CC1C2)c1ccccc1. The van der Waals surface area contributed by atoms with Crippen LogP contribution in [0.5, 0.6) is 0 Å². The van der Waals surface area contributed by atoms with E-state index in [0.29, 0.717) is 12.1 Å². The Labute approximate surface area is 117 Å². The van der Waals surface area contributed by atoms with E-state index in [1.54, 1.807) is 0 Å². The maximum absolute atomic E-state index is 3.88. The Morgan fingerprint density at radius 2 is 1.95 bits per heavy atom. The fourth-order valence-corrected chi connectivity index (χ4v) is 3.97. The van der Waals surface area contributed by atoms with Gasteiger partial charge >= 0.3 is 0 Å². The lowest BCUT2D eigenvalue weighted by Gasteiger charge is -2.30. The van der Waals surface area contributed by atoms with E-state index in [4.69, 9.17) is 0 Å². The molecule has 0 aliphatic heterocycles. The maximum Gasteiger partial charge on any atom is 0.0320 e. The first kappa shape index (κ1) is 12.9. The topological polar surface area (TPSA) is 12.0 Å². The number of benzene rings is 1. The summed E-state index contributed by atoms with van der Waals surface area (Å²) < 4.78 is 0. The summed E-state index contributed by atoms with van der Waals surface area (Å²) in [5.74, 6) is 2.55. The molecular formula is C18H25N. The highest BCUT2D eigenvalue weighted by molar-refractivity contribution is 5.19. The van der Waals surface area contributed by atoms with Crippen molar-refractivity contribution in [3.8, 4) is 0 Å². The van der Waals surface area contributed by atoms with E-state index in [9.17, 15) is 0 Å². The van der Waals surface area contributed by atoms with Gasteiger partial charge in [-0.25, -0.2) is 0 Å². The fraction of sp³-hybridized carbons (Fsp3) is 0.556. The smallest absolute Gasteiger partial charge is 0.0320 e. The molecule has 1 fully saturated rings. The molecule has 2 bridgehead atoms. The third kappa shape index (κ3) is 2.62. The Balaban J connectivity index is 1.65. The molecule has 0 radical (unpaired) electrons. The van der Waals surface area contributed by atoms with Gasteiger partial charge in [0.05, 0.1) is 0 Å². The third-order valence-corrected chi connectivity index (χ3v) is 5.05. The summed E-state index contributed by atoms with van der Waals surface area (Å²) in [5, 5.41) is 3.88. The van der Waals surface area contributed by atoms with E-state index in [2.05, 4.69) is 61.6 Å². The summed E-state index contributed by atoms with van der Waals surface area (Å²) in [5.41, 5.74) is 1.43. The van der Waals surface area contributed by atoms with E-state index in [0.717, 1.165) is 24.2 Å². The molecule has 1 nitrogen and oxygen atoms in total. The lowest BCUT2D eigenvalue weighted by molar-refractivity contribution is 0.298. The van der Waals surface area contributed by atoms with Gasteiger partial charge in [0, 0.05) is 12.1 Å². The first-order valence-corrected chi connectivity index (χ1v) is 7.77. The normalized spacial score (nSPS) is 31.6. The van der Waals surface area contributed by atoms with Crippen LogP contribution in [0.3, 0.4) is 0 Å². The zero-order valence-electron chi connectivity index (χ0n) is 12.0. The number of nitrogens with one attached hydrogen (secondary N) is 1. The van der Waals surface area contributed by atoms with Crippen LogP contribution in [-0.2, 0) is 0 Å². The molecule has 2 aliphatic carbocycles. The van der Waals surface area contributed by atoms with E-state index in [1.807, 2.05) is 0 Å². The standard InChI is InChI=1S/C18H25N/c1-3-18(15-7-5-4-6-8-15)19-13(2)17-12-14-9-10-16(17)11-14/h4-10,13-14,16-19H,3,11-12H2,1-2H3. The van der Waals surface area contributed by atoms with Crippen molar-refractivity contribution in [1.82, 2.24) is 5.32 Å². The van der Waals surface area contributed by atoms with Gasteiger partial charge in [0.2, 0.25) is 0 Å². The Bertz CT molecular complexity index is 436. The molecule has 19 heavy (non-hydrogen) atoms. The van der Waals surface area contributed by atoms with Gasteiger partial charge in [-0.3, -0.25) is 0 Å². The first-order valence-electron chi connectivity index (χ1n) is 7.77. The molecular weight excluding hydrogens is 230 g/mol. The number of hydrogen-bond acceptors (Lipinski definition) is 1. The zero-order chi connectivity index (χ0) is 13.2. The summed E-state index contributed by atoms with van der Waals surface area (Å²) in [4.78, 5) is 0. The van der Waals surface area contributed by atoms with Gasteiger partial charge in [0.15, 0.2) is 0 Å². The molecule has 1 N–H and O–H groups in total. The summed E-state index contributed by atoms with van der Waals surface area (Å²) in [6, 6.07) is 12.0. The van der Waals surface area contributed by atoms with Crippen LogP contribution in [0.4, 0.5) is 0 Å². The number of allylic oxidation sites excluding steroid dienone is 2. The van der Waals surface area contributed by atoms with Gasteiger partial charge in [-0.15, -0.1) is 0 Å². The summed E-state index contributed by atoms with van der Waals surface area (Å²) in [6.07, 6.45) is 8.84. The minimum atomic E-state index is 0.499. The highest BCUT2D eigenvalue weighted by atomic mass is 15.0. The van der Waals surface area contributed by atoms with E-state index < -0.39 is 0 Å². The average Bonchev–Trinajstić information content (AvgIpc) is 3.08. The Morgan fingerprint density at radius 3 is 2.53 bits per heavy atom. The van der Waals surface area contributed by atoms with Crippen molar-refractivity contribution >= 4 is 0 Å². The molecule has 1 aromatic carbocycles. The van der Waals surface area contributed by atoms with Crippen molar-refractivity contribution in [2.45, 2.75) is 45.2 Å². The number of fused-ring (bicyclic) bond motifs is 2. The summed E-state index contributed by atoms with van der Waals surface area (Å²) in [6.45, 7) is 4.66. The van der Waals surface area contributed by atoms with E-state index in [1.165, 1.54) is 18.4 Å². The van der Waals surface area contributed by atoms with Gasteiger partial charge < -0.3 is 5.32 Å². The van der Waals surface area contributed by atoms with Gasteiger partial charge in [-0.05, 0) is 49.5 Å². The number of hydrogen-bond donors (Lipinski definition) is 1. The van der Waals surface area contributed by atoms with Crippen molar-refractivity contribution in [3.05, 3.63) is 48.0 Å². The van der Waals surface area contributed by atoms with Crippen molar-refractivity contribution < 1.29 is 0 Å². The molecule has 0 aromatic heterocycles. The van der Waals surface area contributed by atoms with Gasteiger partial charge in [0.25, 0.3) is 0 Å². The van der Waals surface area contributed by atoms with E-state index in [-0.39, 0.29) is 0 Å². The second-order valence-electron chi connectivity index (χ2n) is 6.27. The largest absolute Gasteiger partial charge is 0.307 e. The monoisotopic (exact) mass is 255 g/mol. The molecule has 102 valence electrons. The molecule has 2 aliphatic rings. The predicted octanol–water partition coefficient (Wildman–Crippen LogP) is 4.33. The lowest BCUT2D eigenvalue weighted by Crippen LogP contribution is -2.37. The van der Waals surface area contributed by atoms with Gasteiger partial charge in [0.1, 0.15) is 0 Å². The second kappa shape index (κ2) is 5.50. The molecule has 0 saturated heterocycles. The minimum Gasteiger partial charge on any atom is -0.307 e. The second-order valence-corrected chi connectivity index (χ2v) is 6.27. The van der Waals surface area contributed by atoms with Crippen molar-refractivity contribution in [2.75, 3.05) is 0 Å². The fourth-order valence-electron chi connectivity index (χ4n) is 3.97. The van der Waals surface area contributed by atoms with Crippen LogP contribution >= 0.6 is 0 Å². The first-order chi connectivity index (χ1) is 9.28. The van der Waals surface area contributed by atoms with Crippen LogP contribution in [0, 0.1) is 17.8 Å². The Kier molecular flexibility index (Phi) is 3.74. The highest BCUT2D eigenvalue weighted by Gasteiger charge is 2.38. The molecule has 0 amide bonds. The quantitative estimate of drug-likeness (QED) is 0.772. The lowest BCUT2D eigenvalue weighted by atomic mass is 9.86. The van der Waals surface area contributed by atoms with Gasteiger partial charge in [-0.1, -0.05) is 49.4 Å². The Hall–Kier alpha value is -1.08. The van der Waals surface area contributed by atoms with Crippen LogP contribution in [0.15, 0.2) is 42.5 Å². The molecule has 5 atom stereocenters. The van der Waals surface area contributed by atoms with Crippen molar-refractivity contribution in [2.24, 2.45) is 17.8 Å². The third-order valence-electron chi connectivity index (χ3n) is 5.05. The highest BCUT2D eigenvalue weighted by Crippen LogP contribution is 2.45. The predicted molar refractivity (Wildman–Crippen MR) is 80.9 cm³/mol. The van der Waals surface area contributed by atoms with Crippen molar-refractivity contribution in [3.63, 3.8) is 0 Å². The van der Waals surface area contributed by atoms with Crippen LogP contribution in [0.2, 0.25) is 0 Å².